The fourth-order valence-corrected chi connectivity index (χ4v) is 4.96. The Bertz CT molecular complexity index is 849. The van der Waals surface area contributed by atoms with E-state index in [0.717, 1.165) is 11.3 Å². The SMILES string of the molecule is NC(=O)c1cc(S(=O)(=O)N2CCN(C(=O)c3ccco3)CC2)cs1. The molecule has 1 aliphatic heterocycles. The highest BCUT2D eigenvalue weighted by atomic mass is 32.2. The zero-order valence-corrected chi connectivity index (χ0v) is 14.2. The first-order chi connectivity index (χ1) is 11.4. The summed E-state index contributed by atoms with van der Waals surface area (Å²) >= 11 is 0.995. The minimum Gasteiger partial charge on any atom is -0.459 e. The van der Waals surface area contributed by atoms with Crippen molar-refractivity contribution in [1.82, 2.24) is 9.21 Å². The van der Waals surface area contributed by atoms with E-state index >= 15 is 0 Å². The zero-order valence-electron chi connectivity index (χ0n) is 12.5. The van der Waals surface area contributed by atoms with Crippen molar-refractivity contribution in [3.8, 4) is 0 Å². The van der Waals surface area contributed by atoms with Crippen molar-refractivity contribution in [2.24, 2.45) is 5.73 Å². The van der Waals surface area contributed by atoms with Gasteiger partial charge >= 0.3 is 0 Å². The minimum absolute atomic E-state index is 0.0483. The molecule has 1 fully saturated rings. The van der Waals surface area contributed by atoms with Crippen molar-refractivity contribution < 1.29 is 22.4 Å². The molecule has 1 saturated heterocycles. The quantitative estimate of drug-likeness (QED) is 0.847. The Labute approximate surface area is 142 Å². The van der Waals surface area contributed by atoms with Gasteiger partial charge in [0.2, 0.25) is 10.0 Å². The Kier molecular flexibility index (Phi) is 4.43. The first kappa shape index (κ1) is 16.7. The van der Waals surface area contributed by atoms with Crippen LogP contribution < -0.4 is 5.73 Å². The molecule has 2 aromatic heterocycles. The van der Waals surface area contributed by atoms with E-state index in [4.69, 9.17) is 10.2 Å². The van der Waals surface area contributed by atoms with Crippen molar-refractivity contribution in [2.75, 3.05) is 26.2 Å². The van der Waals surface area contributed by atoms with Crippen LogP contribution in [0.2, 0.25) is 0 Å². The summed E-state index contributed by atoms with van der Waals surface area (Å²) < 4.78 is 31.5. The van der Waals surface area contributed by atoms with Crippen LogP contribution in [-0.2, 0) is 10.0 Å². The summed E-state index contributed by atoms with van der Waals surface area (Å²) in [4.78, 5) is 25.1. The zero-order chi connectivity index (χ0) is 17.3. The molecule has 3 heterocycles. The monoisotopic (exact) mass is 369 g/mol. The third-order valence-corrected chi connectivity index (χ3v) is 6.68. The van der Waals surface area contributed by atoms with Crippen LogP contribution in [0.15, 0.2) is 39.2 Å². The van der Waals surface area contributed by atoms with Crippen molar-refractivity contribution in [3.63, 3.8) is 0 Å². The van der Waals surface area contributed by atoms with Gasteiger partial charge in [0.25, 0.3) is 11.8 Å². The Morgan fingerprint density at radius 1 is 1.21 bits per heavy atom. The van der Waals surface area contributed by atoms with Crippen LogP contribution in [0.25, 0.3) is 0 Å². The Morgan fingerprint density at radius 3 is 2.46 bits per heavy atom. The lowest BCUT2D eigenvalue weighted by Crippen LogP contribution is -2.50. The third kappa shape index (κ3) is 3.07. The molecule has 0 saturated carbocycles. The van der Waals surface area contributed by atoms with Crippen LogP contribution in [-0.4, -0.2) is 55.6 Å². The van der Waals surface area contributed by atoms with Gasteiger partial charge in [-0.1, -0.05) is 0 Å². The smallest absolute Gasteiger partial charge is 0.289 e. The molecule has 10 heteroatoms. The van der Waals surface area contributed by atoms with Gasteiger partial charge in [0, 0.05) is 31.6 Å². The van der Waals surface area contributed by atoms with Gasteiger partial charge in [-0.2, -0.15) is 4.31 Å². The van der Waals surface area contributed by atoms with E-state index in [-0.39, 0.29) is 47.6 Å². The molecule has 2 N–H and O–H groups in total. The number of primary amides is 1. The van der Waals surface area contributed by atoms with Crippen molar-refractivity contribution in [3.05, 3.63) is 40.5 Å². The van der Waals surface area contributed by atoms with Gasteiger partial charge in [0.05, 0.1) is 16.0 Å². The normalized spacial score (nSPS) is 16.2. The summed E-state index contributed by atoms with van der Waals surface area (Å²) in [5, 5.41) is 1.40. The maximum atomic E-state index is 12.6. The second-order valence-corrected chi connectivity index (χ2v) is 8.03. The predicted molar refractivity (Wildman–Crippen MR) is 86.2 cm³/mol. The highest BCUT2D eigenvalue weighted by molar-refractivity contribution is 7.89. The van der Waals surface area contributed by atoms with Gasteiger partial charge in [-0.15, -0.1) is 11.3 Å². The van der Waals surface area contributed by atoms with E-state index in [1.807, 2.05) is 0 Å². The first-order valence-corrected chi connectivity index (χ1v) is 9.43. The van der Waals surface area contributed by atoms with Crippen molar-refractivity contribution in [2.45, 2.75) is 4.90 Å². The molecule has 0 aliphatic carbocycles. The Morgan fingerprint density at radius 2 is 1.92 bits per heavy atom. The summed E-state index contributed by atoms with van der Waals surface area (Å²) in [5.41, 5.74) is 5.16. The molecule has 0 unspecified atom stereocenters. The second kappa shape index (κ2) is 6.38. The van der Waals surface area contributed by atoms with Gasteiger partial charge < -0.3 is 15.1 Å². The number of nitrogens with zero attached hydrogens (tertiary/aromatic N) is 2. The number of hydrogen-bond donors (Lipinski definition) is 1. The van der Waals surface area contributed by atoms with Gasteiger partial charge in [-0.3, -0.25) is 9.59 Å². The number of amides is 2. The summed E-state index contributed by atoms with van der Waals surface area (Å²) in [5.74, 6) is -0.686. The van der Waals surface area contributed by atoms with Crippen molar-refractivity contribution in [1.29, 1.82) is 0 Å². The lowest BCUT2D eigenvalue weighted by atomic mass is 10.3. The summed E-state index contributed by atoms with van der Waals surface area (Å²) in [7, 11) is -3.70. The van der Waals surface area contributed by atoms with E-state index in [0.29, 0.717) is 0 Å². The first-order valence-electron chi connectivity index (χ1n) is 7.11. The molecule has 0 bridgehead atoms. The fourth-order valence-electron chi connectivity index (χ4n) is 2.42. The molecule has 0 aromatic carbocycles. The van der Waals surface area contributed by atoms with Gasteiger partial charge in [0.15, 0.2) is 5.76 Å². The average Bonchev–Trinajstić information content (AvgIpc) is 3.26. The van der Waals surface area contributed by atoms with E-state index < -0.39 is 15.9 Å². The highest BCUT2D eigenvalue weighted by Gasteiger charge is 2.31. The highest BCUT2D eigenvalue weighted by Crippen LogP contribution is 2.23. The molecule has 8 nitrogen and oxygen atoms in total. The predicted octanol–water partition coefficient (Wildman–Crippen LogP) is 0.587. The number of carbonyl (C=O) groups excluding carboxylic acids is 2. The lowest BCUT2D eigenvalue weighted by Gasteiger charge is -2.33. The topological polar surface area (TPSA) is 114 Å². The largest absolute Gasteiger partial charge is 0.459 e. The molecule has 1 aliphatic rings. The molecule has 0 atom stereocenters. The number of furan rings is 1. The van der Waals surface area contributed by atoms with E-state index in [2.05, 4.69) is 0 Å². The Balaban J connectivity index is 1.69. The molecule has 24 heavy (non-hydrogen) atoms. The van der Waals surface area contributed by atoms with Crippen LogP contribution in [0.1, 0.15) is 20.2 Å². The Hall–Kier alpha value is -2.17. The molecule has 0 radical (unpaired) electrons. The molecule has 2 amide bonds. The average molecular weight is 369 g/mol. The van der Waals surface area contributed by atoms with Crippen LogP contribution >= 0.6 is 11.3 Å². The lowest BCUT2D eigenvalue weighted by molar-refractivity contribution is 0.0666. The number of rotatable bonds is 4. The second-order valence-electron chi connectivity index (χ2n) is 5.18. The summed E-state index contributed by atoms with van der Waals surface area (Å²) in [6, 6.07) is 4.48. The van der Waals surface area contributed by atoms with Gasteiger partial charge in [0.1, 0.15) is 0 Å². The molecular weight excluding hydrogens is 354 g/mol. The number of nitrogens with two attached hydrogens (primary N) is 1. The summed E-state index contributed by atoms with van der Waals surface area (Å²) in [6.07, 6.45) is 1.42. The van der Waals surface area contributed by atoms with Gasteiger partial charge in [-0.05, 0) is 18.2 Å². The van der Waals surface area contributed by atoms with Crippen LogP contribution in [0.5, 0.6) is 0 Å². The summed E-state index contributed by atoms with van der Waals surface area (Å²) in [6.45, 7) is 0.893. The maximum Gasteiger partial charge on any atom is 0.289 e. The van der Waals surface area contributed by atoms with E-state index in [1.165, 1.54) is 22.0 Å². The van der Waals surface area contributed by atoms with E-state index in [1.54, 1.807) is 17.0 Å². The number of piperazine rings is 1. The minimum atomic E-state index is -3.70. The van der Waals surface area contributed by atoms with Crippen LogP contribution in [0.3, 0.4) is 0 Å². The number of carbonyl (C=O) groups is 2. The maximum absolute atomic E-state index is 12.6. The van der Waals surface area contributed by atoms with Gasteiger partial charge in [-0.25, -0.2) is 8.42 Å². The van der Waals surface area contributed by atoms with Crippen LogP contribution in [0.4, 0.5) is 0 Å². The number of thiophene rings is 1. The third-order valence-electron chi connectivity index (χ3n) is 3.71. The molecule has 128 valence electrons. The molecular formula is C14H15N3O5S2. The number of hydrogen-bond acceptors (Lipinski definition) is 6. The van der Waals surface area contributed by atoms with Crippen LogP contribution in [0, 0.1) is 0 Å². The molecule has 2 aromatic rings. The molecule has 3 rings (SSSR count). The molecule has 0 spiro atoms. The van der Waals surface area contributed by atoms with E-state index in [9.17, 15) is 18.0 Å². The van der Waals surface area contributed by atoms with Crippen molar-refractivity contribution >= 4 is 33.2 Å². The standard InChI is InChI=1S/C14H15N3O5S2/c15-13(18)12-8-10(9-23-12)24(20,21)17-5-3-16(4-6-17)14(19)11-2-1-7-22-11/h1-2,7-9H,3-6H2,(H2,15,18). The number of sulfonamides is 1. The fraction of sp³-hybridized carbons (Fsp3) is 0.286.